The number of rotatable bonds is 4. The van der Waals surface area contributed by atoms with Crippen LogP contribution in [0, 0.1) is 0 Å². The molecule has 0 amide bonds. The van der Waals surface area contributed by atoms with Crippen molar-refractivity contribution in [1.82, 2.24) is 10.5 Å². The minimum atomic E-state index is -0.157. The monoisotopic (exact) mass is 126 g/mol. The zero-order valence-electron chi connectivity index (χ0n) is 5.77. The molecule has 0 rings (SSSR count). The van der Waals surface area contributed by atoms with Gasteiger partial charge < -0.3 is 10.5 Å². The molecule has 2 N–H and O–H groups in total. The number of hydrogen-bond acceptors (Lipinski definition) is 3. The number of carbonyl (C=O) groups is 1. The Hall–Kier alpha value is -0.345. The van der Waals surface area contributed by atoms with Crippen LogP contribution in [0.1, 0.15) is 6.92 Å². The Morgan fingerprint density at radius 3 is 2.44 bits per heavy atom. The van der Waals surface area contributed by atoms with E-state index in [1.807, 2.05) is 0 Å². The quantitative estimate of drug-likeness (QED) is 0.466. The van der Waals surface area contributed by atoms with Crippen LogP contribution in [0.15, 0.2) is 0 Å². The first-order valence-electron chi connectivity index (χ1n) is 2.83. The summed E-state index contributed by atoms with van der Waals surface area (Å²) in [5, 5.41) is 5.23. The minimum Gasteiger partial charge on any atom is -0.365 e. The van der Waals surface area contributed by atoms with Gasteiger partial charge in [-0.2, -0.15) is 0 Å². The van der Waals surface area contributed by atoms with Gasteiger partial charge in [-0.05, 0) is 14.0 Å². The van der Waals surface area contributed by atoms with Crippen LogP contribution in [0.25, 0.3) is 0 Å². The van der Waals surface area contributed by atoms with Crippen molar-refractivity contribution in [3.8, 4) is 0 Å². The second-order valence-corrected chi connectivity index (χ2v) is 1.86. The van der Waals surface area contributed by atoms with Gasteiger partial charge in [0.05, 0.1) is 6.04 Å². The van der Waals surface area contributed by atoms with Gasteiger partial charge in [0.25, 0.3) is 0 Å². The smallest absolute Gasteiger partial charge is 0.177 e. The maximum absolute atomic E-state index is 10.6. The predicted molar refractivity (Wildman–Crippen MR) is 37.3 cm³/mol. The normalized spacial score (nSPS) is 13.1. The zero-order valence-corrected chi connectivity index (χ0v) is 5.77. The Morgan fingerprint density at radius 2 is 2.33 bits per heavy atom. The second kappa shape index (κ2) is 4.53. The number of likely N-dealkylation sites (N-methyl/N-ethyl adjacent to an activating group) is 1. The summed E-state index contributed by atoms with van der Waals surface area (Å²) >= 11 is 0. The van der Waals surface area contributed by atoms with Crippen LogP contribution in [0.5, 0.6) is 0 Å². The molecule has 0 saturated heterocycles. The van der Waals surface area contributed by atoms with Gasteiger partial charge in [-0.3, -0.25) is 4.79 Å². The van der Waals surface area contributed by atoms with Crippen LogP contribution >= 0.6 is 0 Å². The third kappa shape index (κ3) is 3.27. The molecular formula is C5H11BN2O. The van der Waals surface area contributed by atoms with Crippen LogP contribution in [-0.4, -0.2) is 33.4 Å². The lowest BCUT2D eigenvalue weighted by Gasteiger charge is -2.10. The zero-order chi connectivity index (χ0) is 7.28. The Morgan fingerprint density at radius 1 is 1.78 bits per heavy atom. The SMILES string of the molecule is [B]NCC(NC)C(C)=O. The van der Waals surface area contributed by atoms with E-state index in [2.05, 4.69) is 10.5 Å². The summed E-state index contributed by atoms with van der Waals surface area (Å²) in [7, 11) is 6.73. The number of ketones is 1. The van der Waals surface area contributed by atoms with Gasteiger partial charge in [-0.1, -0.05) is 0 Å². The van der Waals surface area contributed by atoms with Crippen LogP contribution in [0.3, 0.4) is 0 Å². The maximum atomic E-state index is 10.6. The molecule has 0 aromatic rings. The first-order valence-corrected chi connectivity index (χ1v) is 2.83. The van der Waals surface area contributed by atoms with E-state index in [9.17, 15) is 4.79 Å². The average Bonchev–Trinajstić information content (AvgIpc) is 1.82. The van der Waals surface area contributed by atoms with Crippen molar-refractivity contribution in [2.24, 2.45) is 0 Å². The van der Waals surface area contributed by atoms with Crippen molar-refractivity contribution in [1.29, 1.82) is 0 Å². The van der Waals surface area contributed by atoms with E-state index in [4.69, 9.17) is 7.98 Å². The largest absolute Gasteiger partial charge is 0.365 e. The summed E-state index contributed by atoms with van der Waals surface area (Å²) in [6.45, 7) is 2.00. The molecule has 0 aliphatic rings. The van der Waals surface area contributed by atoms with Crippen LogP contribution in [0.4, 0.5) is 0 Å². The van der Waals surface area contributed by atoms with Gasteiger partial charge >= 0.3 is 0 Å². The van der Waals surface area contributed by atoms with Crippen LogP contribution in [-0.2, 0) is 4.79 Å². The van der Waals surface area contributed by atoms with Crippen molar-refractivity contribution < 1.29 is 4.79 Å². The number of carbonyl (C=O) groups excluding carboxylic acids is 1. The molecule has 50 valence electrons. The fraction of sp³-hybridized carbons (Fsp3) is 0.800. The molecule has 0 aliphatic carbocycles. The lowest BCUT2D eigenvalue weighted by Crippen LogP contribution is -2.40. The highest BCUT2D eigenvalue weighted by Crippen LogP contribution is 1.79. The van der Waals surface area contributed by atoms with E-state index in [-0.39, 0.29) is 11.8 Å². The summed E-state index contributed by atoms with van der Waals surface area (Å²) < 4.78 is 0. The third-order valence-electron chi connectivity index (χ3n) is 1.16. The van der Waals surface area contributed by atoms with Gasteiger partial charge in [-0.15, -0.1) is 0 Å². The summed E-state index contributed by atoms with van der Waals surface area (Å²) in [5.74, 6) is 0.0930. The van der Waals surface area contributed by atoms with E-state index in [1.54, 1.807) is 7.05 Å². The van der Waals surface area contributed by atoms with Crippen molar-refractivity contribution in [2.75, 3.05) is 13.6 Å². The molecule has 9 heavy (non-hydrogen) atoms. The Bertz CT molecular complexity index is 97.0. The average molecular weight is 126 g/mol. The van der Waals surface area contributed by atoms with Crippen molar-refractivity contribution in [2.45, 2.75) is 13.0 Å². The van der Waals surface area contributed by atoms with Gasteiger partial charge in [0, 0.05) is 6.54 Å². The number of hydrogen-bond donors (Lipinski definition) is 2. The molecule has 0 bridgehead atoms. The Kier molecular flexibility index (Phi) is 4.35. The highest BCUT2D eigenvalue weighted by Gasteiger charge is 2.07. The molecule has 0 aliphatic heterocycles. The van der Waals surface area contributed by atoms with Gasteiger partial charge in [0.15, 0.2) is 7.98 Å². The van der Waals surface area contributed by atoms with Crippen molar-refractivity contribution >= 4 is 13.8 Å². The number of nitrogens with one attached hydrogen (secondary N) is 2. The highest BCUT2D eigenvalue weighted by atomic mass is 16.1. The molecule has 3 nitrogen and oxygen atoms in total. The molecule has 0 saturated carbocycles. The first kappa shape index (κ1) is 8.65. The van der Waals surface area contributed by atoms with E-state index in [0.29, 0.717) is 6.54 Å². The topological polar surface area (TPSA) is 41.1 Å². The fourth-order valence-electron chi connectivity index (χ4n) is 0.567. The van der Waals surface area contributed by atoms with Gasteiger partial charge in [0.2, 0.25) is 0 Å². The highest BCUT2D eigenvalue weighted by molar-refractivity contribution is 6.04. The van der Waals surface area contributed by atoms with Crippen LogP contribution < -0.4 is 10.5 Å². The molecule has 0 heterocycles. The third-order valence-corrected chi connectivity index (χ3v) is 1.16. The second-order valence-electron chi connectivity index (χ2n) is 1.86. The molecule has 1 unspecified atom stereocenters. The maximum Gasteiger partial charge on any atom is 0.177 e. The van der Waals surface area contributed by atoms with Crippen molar-refractivity contribution in [3.63, 3.8) is 0 Å². The molecule has 2 radical (unpaired) electrons. The van der Waals surface area contributed by atoms with Gasteiger partial charge in [-0.25, -0.2) is 0 Å². The summed E-state index contributed by atoms with van der Waals surface area (Å²) in [6.07, 6.45) is 0. The molecule has 0 spiro atoms. The summed E-state index contributed by atoms with van der Waals surface area (Å²) in [6, 6.07) is -0.157. The Balaban J connectivity index is 3.54. The first-order chi connectivity index (χ1) is 4.22. The van der Waals surface area contributed by atoms with E-state index >= 15 is 0 Å². The molecular weight excluding hydrogens is 115 g/mol. The summed E-state index contributed by atoms with van der Waals surface area (Å²) in [4.78, 5) is 10.6. The van der Waals surface area contributed by atoms with Crippen LogP contribution in [0.2, 0.25) is 0 Å². The molecule has 1 atom stereocenters. The van der Waals surface area contributed by atoms with E-state index in [1.165, 1.54) is 6.92 Å². The van der Waals surface area contributed by atoms with Crippen molar-refractivity contribution in [3.05, 3.63) is 0 Å². The Labute approximate surface area is 56.6 Å². The molecule has 0 fully saturated rings. The van der Waals surface area contributed by atoms with E-state index in [0.717, 1.165) is 0 Å². The molecule has 4 heteroatoms. The minimum absolute atomic E-state index is 0.0930. The lowest BCUT2D eigenvalue weighted by atomic mass is 10.2. The fourth-order valence-corrected chi connectivity index (χ4v) is 0.567. The lowest BCUT2D eigenvalue weighted by molar-refractivity contribution is -0.118. The molecule has 0 aromatic carbocycles. The number of Topliss-reactive ketones (excluding diaryl/α,β-unsaturated/α-hetero) is 1. The van der Waals surface area contributed by atoms with E-state index < -0.39 is 0 Å². The summed E-state index contributed by atoms with van der Waals surface area (Å²) in [5.41, 5.74) is 0. The molecule has 0 aromatic heterocycles. The van der Waals surface area contributed by atoms with Gasteiger partial charge in [0.1, 0.15) is 5.78 Å². The standard InChI is InChI=1S/C5H11BN2O/c1-4(9)5(7-2)3-8-6/h5,7-8H,3H2,1-2H3. The predicted octanol–water partition coefficient (Wildman–Crippen LogP) is -1.16.